The maximum absolute atomic E-state index is 13.9. The van der Waals surface area contributed by atoms with Crippen LogP contribution in [0.1, 0.15) is 60.1 Å². The summed E-state index contributed by atoms with van der Waals surface area (Å²) in [6, 6.07) is 3.78. The number of carbonyl (C=O) groups excluding carboxylic acids is 7. The number of hydrogen-bond donors (Lipinski definition) is 10. The van der Waals surface area contributed by atoms with Gasteiger partial charge in [-0.05, 0) is 121 Å². The molecule has 24 heteroatoms. The molecule has 2 aromatic rings. The lowest BCUT2D eigenvalue weighted by molar-refractivity contribution is -0.155. The fourth-order valence-corrected chi connectivity index (χ4v) is 12.5. The number of benzene rings is 2. The molecular formula is C55H67N7O17. The summed E-state index contributed by atoms with van der Waals surface area (Å²) in [5.74, 6) is -13.9. The number of likely N-dealkylation sites (N-methyl/N-ethyl adjacent to an activating group) is 2. The number of aliphatic hydroxyl groups excluding tert-OH is 4. The van der Waals surface area contributed by atoms with Crippen molar-refractivity contribution in [2.75, 3.05) is 62.0 Å². The first-order valence-electron chi connectivity index (χ1n) is 25.3. The van der Waals surface area contributed by atoms with Gasteiger partial charge in [0.2, 0.25) is 11.6 Å². The van der Waals surface area contributed by atoms with Crippen LogP contribution in [0.25, 0.3) is 11.5 Å². The number of oxime groups is 1. The lowest BCUT2D eigenvalue weighted by Gasteiger charge is -2.50. The smallest absolute Gasteiger partial charge is 0.410 e. The molecule has 0 aliphatic heterocycles. The van der Waals surface area contributed by atoms with E-state index in [0.29, 0.717) is 36.4 Å². The molecule has 0 heterocycles. The van der Waals surface area contributed by atoms with Crippen LogP contribution < -0.4 is 11.5 Å². The van der Waals surface area contributed by atoms with E-state index in [1.807, 2.05) is 25.8 Å². The number of nitrogens with two attached hydrogens (primary N) is 2. The first kappa shape index (κ1) is 58.8. The van der Waals surface area contributed by atoms with Crippen LogP contribution in [-0.4, -0.2) is 193 Å². The molecule has 24 nitrogen and oxygen atoms in total. The Kier molecular flexibility index (Phi) is 16.4. The predicted octanol–water partition coefficient (Wildman–Crippen LogP) is 1.53. The van der Waals surface area contributed by atoms with Crippen molar-refractivity contribution >= 4 is 58.3 Å². The van der Waals surface area contributed by atoms with Crippen molar-refractivity contribution in [1.82, 2.24) is 19.6 Å². The Morgan fingerprint density at radius 1 is 0.722 bits per heavy atom. The molecule has 0 radical (unpaired) electrons. The molecule has 0 aromatic heterocycles. The Bertz CT molecular complexity index is 3140. The van der Waals surface area contributed by atoms with E-state index in [9.17, 15) is 74.4 Å². The van der Waals surface area contributed by atoms with Gasteiger partial charge in [0.05, 0.1) is 36.0 Å². The topological polar surface area (TPSA) is 377 Å². The fourth-order valence-electron chi connectivity index (χ4n) is 12.5. The standard InChI is InChI=1S/C28H36N4O8.C27H31N3O9/c1-6-40-30-13(2)11-32(5)12-14-7-8-18(33)20-16(14)9-15-10-17-22(31(3)4)24(35)21(27(29)38)26(37)28(17,39)25(36)19(15)23(20)34;1-5-8-30(26(37)39-4)11-12-6-7-16(31)18-14(12)9-13-10-15-20(29(2)3)22(33)19(25(28)36)24(35)27(15,38)23(34)17(13)21(18)32/h7-8,15,17,22,33-34,37,39H,6,9-12H2,1-5H3,(H2,29,38);5-7,13,15,20,31-32,35,38H,1,8-11H2,2-4H3,(H2,28,36)/b30-13+;/t15-,17-,22-,28-;13-,15-,20-,27-/m00/s1. The highest BCUT2D eigenvalue weighted by Crippen LogP contribution is 2.55. The van der Waals surface area contributed by atoms with E-state index >= 15 is 0 Å². The van der Waals surface area contributed by atoms with Crippen LogP contribution in [-0.2, 0) is 64.3 Å². The zero-order valence-corrected chi connectivity index (χ0v) is 45.1. The third kappa shape index (κ3) is 9.70. The van der Waals surface area contributed by atoms with Crippen molar-refractivity contribution < 1.29 is 84.0 Å². The fraction of sp³-hybridized carbons (Fsp3) is 0.455. The molecule has 0 spiro atoms. The number of rotatable bonds is 14. The molecule has 8 rings (SSSR count). The van der Waals surface area contributed by atoms with Crippen molar-refractivity contribution in [2.24, 2.45) is 40.3 Å². The Morgan fingerprint density at radius 3 is 1.51 bits per heavy atom. The molecule has 12 N–H and O–H groups in total. The highest BCUT2D eigenvalue weighted by atomic mass is 16.6. The number of phenols is 2. The highest BCUT2D eigenvalue weighted by Gasteiger charge is 2.66. The third-order valence-corrected chi connectivity index (χ3v) is 15.8. The van der Waals surface area contributed by atoms with Gasteiger partial charge in [-0.15, -0.1) is 6.58 Å². The predicted molar refractivity (Wildman–Crippen MR) is 283 cm³/mol. The average Bonchev–Trinajstić information content (AvgIpc) is 3.54. The van der Waals surface area contributed by atoms with Crippen LogP contribution in [0.5, 0.6) is 11.5 Å². The maximum atomic E-state index is 13.9. The number of ketones is 4. The van der Waals surface area contributed by atoms with Gasteiger partial charge >= 0.3 is 6.09 Å². The zero-order chi connectivity index (χ0) is 58.7. The number of aliphatic hydroxyl groups is 6. The highest BCUT2D eigenvalue weighted by molar-refractivity contribution is 6.25. The van der Waals surface area contributed by atoms with E-state index in [1.165, 1.54) is 54.1 Å². The minimum atomic E-state index is -2.70. The molecule has 79 heavy (non-hydrogen) atoms. The van der Waals surface area contributed by atoms with E-state index in [4.69, 9.17) is 21.0 Å². The van der Waals surface area contributed by atoms with Gasteiger partial charge in [0.15, 0.2) is 22.8 Å². The molecule has 3 amide bonds. The molecule has 2 aromatic carbocycles. The van der Waals surface area contributed by atoms with Gasteiger partial charge in [0, 0.05) is 49.2 Å². The number of ether oxygens (including phenoxy) is 1. The van der Waals surface area contributed by atoms with Crippen molar-refractivity contribution in [3.8, 4) is 11.5 Å². The van der Waals surface area contributed by atoms with E-state index < -0.39 is 122 Å². The summed E-state index contributed by atoms with van der Waals surface area (Å²) in [5, 5.41) is 93.3. The van der Waals surface area contributed by atoms with Gasteiger partial charge in [-0.1, -0.05) is 23.4 Å². The maximum Gasteiger partial charge on any atom is 0.410 e. The Morgan fingerprint density at radius 2 is 1.14 bits per heavy atom. The number of hydrogen-bond acceptors (Lipinski definition) is 21. The number of methoxy groups -OCH3 is 1. The Balaban J connectivity index is 0.000000229. The summed E-state index contributed by atoms with van der Waals surface area (Å²) < 4.78 is 4.84. The summed E-state index contributed by atoms with van der Waals surface area (Å²) in [5.41, 5.74) is 6.47. The van der Waals surface area contributed by atoms with E-state index in [1.54, 1.807) is 26.2 Å². The van der Waals surface area contributed by atoms with Crippen LogP contribution in [0.2, 0.25) is 0 Å². The number of amides is 3. The van der Waals surface area contributed by atoms with Crippen LogP contribution >= 0.6 is 0 Å². The van der Waals surface area contributed by atoms with Crippen LogP contribution in [0.15, 0.2) is 75.9 Å². The van der Waals surface area contributed by atoms with E-state index in [2.05, 4.69) is 11.7 Å². The van der Waals surface area contributed by atoms with Crippen LogP contribution in [0, 0.1) is 23.7 Å². The molecule has 2 saturated carbocycles. The number of phenolic OH excluding ortho intramolecular Hbond substituents is 2. The molecule has 424 valence electrons. The van der Waals surface area contributed by atoms with Gasteiger partial charge in [-0.25, -0.2) is 4.79 Å². The van der Waals surface area contributed by atoms with Gasteiger partial charge < -0.3 is 66.8 Å². The lowest BCUT2D eigenvalue weighted by atomic mass is 9.57. The van der Waals surface area contributed by atoms with Gasteiger partial charge in [-0.2, -0.15) is 0 Å². The van der Waals surface area contributed by atoms with Gasteiger partial charge in [-0.3, -0.25) is 43.5 Å². The summed E-state index contributed by atoms with van der Waals surface area (Å²) in [4.78, 5) is 102. The number of aromatic hydroxyl groups is 2. The number of nitrogens with zero attached hydrogens (tertiary/aromatic N) is 5. The molecule has 6 aliphatic rings. The van der Waals surface area contributed by atoms with E-state index in [0.717, 1.165) is 11.3 Å². The molecule has 2 fully saturated rings. The first-order chi connectivity index (χ1) is 37.1. The largest absolute Gasteiger partial charge is 0.508 e. The summed E-state index contributed by atoms with van der Waals surface area (Å²) in [6.45, 7) is 8.92. The van der Waals surface area contributed by atoms with E-state index in [-0.39, 0.29) is 72.5 Å². The molecule has 0 saturated heterocycles. The molecule has 6 aliphatic carbocycles. The SMILES string of the molecule is C=CCN(Cc1ccc(O)c2c1C[C@H]1C[C@H]3[C@H](N(C)C)C(=O)C(C(N)=O)=C(O)[C@@]3(O)C(=O)C1=C2O)C(=O)OC.CCO/N=C(\C)CN(C)Cc1ccc(O)c2c1C[C@H]1C[C@H]3[C@H](N(C)C)C(=O)C(C(N)=O)=C(O)[C@@]3(O)C(=O)C1=C2O. The summed E-state index contributed by atoms with van der Waals surface area (Å²) in [7, 11) is 9.32. The average molecular weight is 1100 g/mol. The molecule has 0 unspecified atom stereocenters. The van der Waals surface area contributed by atoms with Gasteiger partial charge in [0.1, 0.15) is 52.3 Å². The Hall–Kier alpha value is -7.90. The van der Waals surface area contributed by atoms with Crippen molar-refractivity contribution in [3.63, 3.8) is 0 Å². The summed E-state index contributed by atoms with van der Waals surface area (Å²) >= 11 is 0. The molecular weight excluding hydrogens is 1030 g/mol. The van der Waals surface area contributed by atoms with Crippen molar-refractivity contribution in [1.29, 1.82) is 0 Å². The van der Waals surface area contributed by atoms with Crippen LogP contribution in [0.3, 0.4) is 0 Å². The quantitative estimate of drug-likeness (QED) is 0.0555. The second-order valence-corrected chi connectivity index (χ2v) is 21.2. The van der Waals surface area contributed by atoms with Crippen molar-refractivity contribution in [3.05, 3.63) is 104 Å². The minimum Gasteiger partial charge on any atom is -0.508 e. The number of fused-ring (bicyclic) bond motifs is 6. The molecule has 8 atom stereocenters. The second kappa shape index (κ2) is 22.1. The zero-order valence-electron chi connectivity index (χ0n) is 45.1. The Labute approximate surface area is 454 Å². The first-order valence-corrected chi connectivity index (χ1v) is 25.3. The number of carbonyl (C=O) groups is 7. The van der Waals surface area contributed by atoms with Gasteiger partial charge in [0.25, 0.3) is 11.8 Å². The normalized spacial score (nSPS) is 26.4. The third-order valence-electron chi connectivity index (χ3n) is 15.8. The summed E-state index contributed by atoms with van der Waals surface area (Å²) in [6.07, 6.45) is 1.25. The number of primary amides is 2. The lowest BCUT2D eigenvalue weighted by Crippen LogP contribution is -2.65. The van der Waals surface area contributed by atoms with Crippen LogP contribution in [0.4, 0.5) is 4.79 Å². The molecule has 0 bridgehead atoms. The minimum absolute atomic E-state index is 0.0335. The number of Topliss-reactive ketones (excluding diaryl/α,β-unsaturated/α-hetero) is 4. The monoisotopic (exact) mass is 1100 g/mol. The second-order valence-electron chi connectivity index (χ2n) is 21.2. The van der Waals surface area contributed by atoms with Crippen molar-refractivity contribution in [2.45, 2.75) is 75.9 Å².